The van der Waals surface area contributed by atoms with E-state index in [1.54, 1.807) is 0 Å². The highest BCUT2D eigenvalue weighted by Gasteiger charge is 2.18. The third-order valence-electron chi connectivity index (χ3n) is 1.90. The Hall–Kier alpha value is -1.78. The molecule has 1 aliphatic rings. The Balaban J connectivity index is 2.48. The van der Waals surface area contributed by atoms with Gasteiger partial charge in [-0.05, 0) is 12.1 Å². The molecule has 1 aliphatic heterocycles. The Bertz CT molecular complexity index is 498. The number of hydrogen-bond acceptors (Lipinski definition) is 4. The van der Waals surface area contributed by atoms with Gasteiger partial charge in [0.25, 0.3) is 0 Å². The first kappa shape index (κ1) is 8.80. The highest BCUT2D eigenvalue weighted by atomic mass is 19.1. The summed E-state index contributed by atoms with van der Waals surface area (Å²) in [6.45, 7) is 0. The number of hydrogen-bond donors (Lipinski definition) is 0. The van der Waals surface area contributed by atoms with E-state index < -0.39 is 17.8 Å². The summed E-state index contributed by atoms with van der Waals surface area (Å²) in [4.78, 5) is 18.8. The van der Waals surface area contributed by atoms with Gasteiger partial charge in [-0.2, -0.15) is 0 Å². The molecule has 0 radical (unpaired) electrons. The molecule has 2 heterocycles. The molecule has 0 amide bonds. The summed E-state index contributed by atoms with van der Waals surface area (Å²) in [7, 11) is 1.28. The number of ether oxygens (including phenoxy) is 1. The minimum absolute atomic E-state index is 0.377. The first-order valence-corrected chi connectivity index (χ1v) is 4.00. The fourth-order valence-electron chi connectivity index (χ4n) is 1.26. The molecule has 5 heteroatoms. The predicted molar refractivity (Wildman–Crippen MR) is 45.2 cm³/mol. The maximum atomic E-state index is 12.7. The van der Waals surface area contributed by atoms with Crippen molar-refractivity contribution in [3.05, 3.63) is 28.8 Å². The molecule has 1 aromatic heterocycles. The smallest absolute Gasteiger partial charge is 0.334 e. The van der Waals surface area contributed by atoms with Gasteiger partial charge >= 0.3 is 5.97 Å². The molecule has 1 aromatic rings. The maximum Gasteiger partial charge on any atom is 0.334 e. The molecule has 1 atom stereocenters. The van der Waals surface area contributed by atoms with Gasteiger partial charge in [0.05, 0.1) is 13.3 Å². The van der Waals surface area contributed by atoms with Crippen LogP contribution in [0.25, 0.3) is 6.08 Å². The summed E-state index contributed by atoms with van der Waals surface area (Å²) < 4.78 is 17.2. The lowest BCUT2D eigenvalue weighted by atomic mass is 10.3. The van der Waals surface area contributed by atoms with E-state index in [2.05, 4.69) is 14.7 Å². The molecular weight excluding hydrogens is 187 g/mol. The second-order valence-corrected chi connectivity index (χ2v) is 2.83. The lowest BCUT2D eigenvalue weighted by Crippen LogP contribution is -2.25. The zero-order valence-electron chi connectivity index (χ0n) is 7.40. The molecule has 0 N–H and O–H groups in total. The summed E-state index contributed by atoms with van der Waals surface area (Å²) in [6.07, 6.45) is 2.59. The summed E-state index contributed by atoms with van der Waals surface area (Å²) in [5, 5.41) is 0.528. The number of fused-ring (bicyclic) bond motifs is 1. The summed E-state index contributed by atoms with van der Waals surface area (Å²) in [5.41, 5.74) is 0.377. The molecule has 0 saturated heterocycles. The van der Waals surface area contributed by atoms with E-state index in [1.807, 2.05) is 0 Å². The summed E-state index contributed by atoms with van der Waals surface area (Å²) in [5.74, 6) is -0.913. The van der Waals surface area contributed by atoms with E-state index in [1.165, 1.54) is 19.3 Å². The molecule has 0 aliphatic carbocycles. The van der Waals surface area contributed by atoms with Crippen LogP contribution in [0, 0.1) is 5.82 Å². The van der Waals surface area contributed by atoms with Crippen molar-refractivity contribution >= 4 is 12.0 Å². The first-order chi connectivity index (χ1) is 6.70. The molecule has 72 valence electrons. The number of methoxy groups -OCH3 is 1. The van der Waals surface area contributed by atoms with E-state index in [0.29, 0.717) is 10.7 Å². The van der Waals surface area contributed by atoms with Gasteiger partial charge in [0.15, 0.2) is 11.5 Å². The van der Waals surface area contributed by atoms with Gasteiger partial charge in [0, 0.05) is 5.22 Å². The van der Waals surface area contributed by atoms with E-state index in [4.69, 9.17) is 0 Å². The van der Waals surface area contributed by atoms with Crippen LogP contribution < -0.4 is 10.7 Å². The van der Waals surface area contributed by atoms with Crippen LogP contribution in [0.4, 0.5) is 4.39 Å². The molecule has 14 heavy (non-hydrogen) atoms. The molecular formula is C9H7FN2O2. The highest BCUT2D eigenvalue weighted by Crippen LogP contribution is 1.98. The maximum absolute atomic E-state index is 12.7. The Kier molecular flexibility index (Phi) is 1.99. The molecule has 0 saturated carbocycles. The highest BCUT2D eigenvalue weighted by molar-refractivity contribution is 5.83. The fourth-order valence-corrected chi connectivity index (χ4v) is 1.26. The Morgan fingerprint density at radius 1 is 1.64 bits per heavy atom. The third kappa shape index (κ3) is 1.37. The second kappa shape index (κ2) is 3.17. The lowest BCUT2D eigenvalue weighted by molar-refractivity contribution is -0.140. The predicted octanol–water partition coefficient (Wildman–Crippen LogP) is -0.824. The number of aromatic nitrogens is 1. The minimum atomic E-state index is -0.690. The van der Waals surface area contributed by atoms with E-state index in [0.717, 1.165) is 6.20 Å². The third-order valence-corrected chi connectivity index (χ3v) is 1.90. The Morgan fingerprint density at radius 3 is 3.14 bits per heavy atom. The lowest BCUT2D eigenvalue weighted by Gasteiger charge is -1.99. The van der Waals surface area contributed by atoms with Gasteiger partial charge < -0.3 is 4.74 Å². The number of rotatable bonds is 1. The van der Waals surface area contributed by atoms with Crippen LogP contribution in [0.15, 0.2) is 17.3 Å². The van der Waals surface area contributed by atoms with E-state index >= 15 is 0 Å². The van der Waals surface area contributed by atoms with E-state index in [9.17, 15) is 9.18 Å². The van der Waals surface area contributed by atoms with Crippen LogP contribution in [-0.2, 0) is 9.53 Å². The number of carbonyl (C=O) groups is 1. The summed E-state index contributed by atoms with van der Waals surface area (Å²) >= 11 is 0. The normalized spacial score (nSPS) is 18.0. The molecule has 2 rings (SSSR count). The van der Waals surface area contributed by atoms with Gasteiger partial charge in [-0.15, -0.1) is 0 Å². The molecule has 0 bridgehead atoms. The van der Waals surface area contributed by atoms with Crippen molar-refractivity contribution in [3.8, 4) is 0 Å². The van der Waals surface area contributed by atoms with E-state index in [-0.39, 0.29) is 0 Å². The van der Waals surface area contributed by atoms with Gasteiger partial charge in [-0.25, -0.2) is 19.2 Å². The molecule has 0 spiro atoms. The quantitative estimate of drug-likeness (QED) is 0.548. The second-order valence-electron chi connectivity index (χ2n) is 2.83. The van der Waals surface area contributed by atoms with Crippen LogP contribution in [0.2, 0.25) is 0 Å². The number of carbonyl (C=O) groups excluding carboxylic acids is 1. The van der Waals surface area contributed by atoms with Crippen molar-refractivity contribution in [2.75, 3.05) is 7.11 Å². The van der Waals surface area contributed by atoms with Crippen molar-refractivity contribution in [1.29, 1.82) is 0 Å². The van der Waals surface area contributed by atoms with Crippen molar-refractivity contribution in [1.82, 2.24) is 4.98 Å². The van der Waals surface area contributed by atoms with Crippen molar-refractivity contribution in [3.63, 3.8) is 0 Å². The topological polar surface area (TPSA) is 51.5 Å². The number of esters is 1. The van der Waals surface area contributed by atoms with Gasteiger partial charge in [0.2, 0.25) is 0 Å². The van der Waals surface area contributed by atoms with Crippen molar-refractivity contribution in [2.24, 2.45) is 4.99 Å². The molecule has 4 nitrogen and oxygen atoms in total. The average Bonchev–Trinajstić information content (AvgIpc) is 2.59. The number of halogens is 1. The number of pyridine rings is 1. The minimum Gasteiger partial charge on any atom is -0.467 e. The van der Waals surface area contributed by atoms with Crippen molar-refractivity contribution in [2.45, 2.75) is 6.04 Å². The van der Waals surface area contributed by atoms with Gasteiger partial charge in [0.1, 0.15) is 5.82 Å². The molecule has 0 fully saturated rings. The van der Waals surface area contributed by atoms with Crippen LogP contribution in [-0.4, -0.2) is 24.1 Å². The molecule has 0 aromatic carbocycles. The zero-order chi connectivity index (χ0) is 10.1. The summed E-state index contributed by atoms with van der Waals surface area (Å²) in [6, 6.07) is 0.596. The van der Waals surface area contributed by atoms with Gasteiger partial charge in [-0.3, -0.25) is 0 Å². The standard InChI is InChI=1S/C9H7FN2O2/c1-14-9(13)7-3-5-2-6(10)4-11-8(5)12-7/h2-4,7H,1H3/t7-/m1/s1. The Labute approximate surface area is 78.8 Å². The van der Waals surface area contributed by atoms with Crippen LogP contribution >= 0.6 is 0 Å². The number of nitrogens with zero attached hydrogens (tertiary/aromatic N) is 2. The fraction of sp³-hybridized carbons (Fsp3) is 0.222. The Morgan fingerprint density at radius 2 is 2.43 bits per heavy atom. The SMILES string of the molecule is COC(=O)[C@H]1C=c2cc(F)cnc2=N1. The first-order valence-electron chi connectivity index (χ1n) is 4.00. The van der Waals surface area contributed by atoms with Crippen LogP contribution in [0.5, 0.6) is 0 Å². The van der Waals surface area contributed by atoms with Crippen LogP contribution in [0.3, 0.4) is 0 Å². The van der Waals surface area contributed by atoms with Gasteiger partial charge in [-0.1, -0.05) is 0 Å². The van der Waals surface area contributed by atoms with Crippen molar-refractivity contribution < 1.29 is 13.9 Å². The van der Waals surface area contributed by atoms with Crippen LogP contribution in [0.1, 0.15) is 0 Å². The zero-order valence-corrected chi connectivity index (χ0v) is 7.40. The average molecular weight is 194 g/mol. The monoisotopic (exact) mass is 194 g/mol. The molecule has 0 unspecified atom stereocenters. The largest absolute Gasteiger partial charge is 0.467 e.